The van der Waals surface area contributed by atoms with Crippen molar-refractivity contribution in [3.63, 3.8) is 0 Å². The van der Waals surface area contributed by atoms with E-state index in [1.807, 2.05) is 0 Å². The molecular weight excluding hydrogens is 394 g/mol. The van der Waals surface area contributed by atoms with Crippen molar-refractivity contribution in [3.8, 4) is 17.2 Å². The molecule has 0 unspecified atom stereocenters. The molecule has 1 atom stereocenters. The van der Waals surface area contributed by atoms with Crippen molar-refractivity contribution in [1.82, 2.24) is 4.98 Å². The van der Waals surface area contributed by atoms with Crippen LogP contribution in [0.25, 0.3) is 0 Å². The maximum Gasteiger partial charge on any atom is 0.231 e. The van der Waals surface area contributed by atoms with E-state index in [1.165, 1.54) is 37.5 Å². The fourth-order valence-corrected chi connectivity index (χ4v) is 4.86. The Kier molecular flexibility index (Phi) is 5.31. The molecule has 0 saturated carbocycles. The lowest BCUT2D eigenvalue weighted by Crippen LogP contribution is -2.28. The monoisotopic (exact) mass is 417 g/mol. The number of thiazole rings is 1. The van der Waals surface area contributed by atoms with Gasteiger partial charge in [-0.1, -0.05) is 0 Å². The lowest BCUT2D eigenvalue weighted by molar-refractivity contribution is -0.122. The maximum absolute atomic E-state index is 12.7. The molecule has 9 heteroatoms. The average molecular weight is 417 g/mol. The molecule has 4 rings (SSSR count). The first kappa shape index (κ1) is 19.5. The van der Waals surface area contributed by atoms with E-state index in [0.717, 1.165) is 25.0 Å². The van der Waals surface area contributed by atoms with Crippen LogP contribution in [0.1, 0.15) is 23.4 Å². The van der Waals surface area contributed by atoms with Crippen molar-refractivity contribution in [2.75, 3.05) is 38.1 Å². The largest absolute Gasteiger partial charge is 0.493 e. The van der Waals surface area contributed by atoms with Crippen LogP contribution in [0.15, 0.2) is 12.1 Å². The quantitative estimate of drug-likeness (QED) is 0.777. The summed E-state index contributed by atoms with van der Waals surface area (Å²) in [5.41, 5.74) is 1.69. The molecule has 0 radical (unpaired) electrons. The summed E-state index contributed by atoms with van der Waals surface area (Å²) in [6, 6.07) is 3.43. The molecule has 1 aliphatic carbocycles. The van der Waals surface area contributed by atoms with Crippen LogP contribution in [-0.2, 0) is 22.4 Å². The van der Waals surface area contributed by atoms with Gasteiger partial charge in [0.1, 0.15) is 0 Å². The van der Waals surface area contributed by atoms with Gasteiger partial charge in [-0.3, -0.25) is 9.59 Å². The molecule has 1 aliphatic heterocycles. The summed E-state index contributed by atoms with van der Waals surface area (Å²) in [5, 5.41) is 3.51. The highest BCUT2D eigenvalue weighted by atomic mass is 32.1. The summed E-state index contributed by atoms with van der Waals surface area (Å²) in [7, 11) is 4.57. The minimum Gasteiger partial charge on any atom is -0.493 e. The first-order valence-corrected chi connectivity index (χ1v) is 10.3. The van der Waals surface area contributed by atoms with Gasteiger partial charge in [-0.2, -0.15) is 0 Å². The Balaban J connectivity index is 1.50. The Morgan fingerprint density at radius 1 is 1.17 bits per heavy atom. The molecule has 1 aromatic heterocycles. The van der Waals surface area contributed by atoms with E-state index in [4.69, 9.17) is 14.2 Å². The van der Waals surface area contributed by atoms with E-state index in [0.29, 0.717) is 28.1 Å². The molecule has 2 amide bonds. The van der Waals surface area contributed by atoms with Gasteiger partial charge >= 0.3 is 0 Å². The molecule has 2 aromatic rings. The van der Waals surface area contributed by atoms with Gasteiger partial charge in [-0.15, -0.1) is 11.3 Å². The first-order valence-electron chi connectivity index (χ1n) is 9.43. The lowest BCUT2D eigenvalue weighted by atomic mass is 10.1. The Bertz CT molecular complexity index is 911. The molecule has 154 valence electrons. The molecule has 8 nitrogen and oxygen atoms in total. The third-order valence-electron chi connectivity index (χ3n) is 5.28. The number of nitrogens with one attached hydrogen (secondary N) is 1. The van der Waals surface area contributed by atoms with Gasteiger partial charge in [0.2, 0.25) is 17.6 Å². The van der Waals surface area contributed by atoms with Crippen molar-refractivity contribution in [2.45, 2.75) is 25.7 Å². The fourth-order valence-electron chi connectivity index (χ4n) is 3.81. The summed E-state index contributed by atoms with van der Waals surface area (Å²) in [6.45, 7) is 0.286. The van der Waals surface area contributed by atoms with E-state index in [-0.39, 0.29) is 24.8 Å². The molecule has 1 fully saturated rings. The zero-order valence-corrected chi connectivity index (χ0v) is 17.4. The SMILES string of the molecule is COc1cc(N2C[C@@H](C(=O)Nc3nc4c(s3)CCC4)CC2=O)cc(OC)c1OC. The van der Waals surface area contributed by atoms with Crippen LogP contribution in [0, 0.1) is 5.92 Å². The van der Waals surface area contributed by atoms with E-state index < -0.39 is 5.92 Å². The summed E-state index contributed by atoms with van der Waals surface area (Å²) in [5.74, 6) is 0.623. The van der Waals surface area contributed by atoms with E-state index in [9.17, 15) is 9.59 Å². The molecule has 2 aliphatic rings. The average Bonchev–Trinajstić information content (AvgIpc) is 3.41. The number of aromatic nitrogens is 1. The zero-order valence-electron chi connectivity index (χ0n) is 16.6. The molecule has 1 aromatic carbocycles. The third kappa shape index (κ3) is 3.62. The Hall–Kier alpha value is -2.81. The molecule has 0 bridgehead atoms. The standard InChI is InChI=1S/C20H23N3O5S/c1-26-14-8-12(9-15(27-2)18(14)28-3)23-10-11(7-17(23)24)19(25)22-20-21-13-5-4-6-16(13)29-20/h8-9,11H,4-7,10H2,1-3H3,(H,21,22,25)/t11-/m0/s1. The number of hydrogen-bond acceptors (Lipinski definition) is 7. The number of nitrogens with zero attached hydrogens (tertiary/aromatic N) is 2. The second-order valence-corrected chi connectivity index (χ2v) is 8.10. The van der Waals surface area contributed by atoms with Crippen molar-refractivity contribution < 1.29 is 23.8 Å². The molecular formula is C20H23N3O5S. The number of carbonyl (C=O) groups excluding carboxylic acids is 2. The summed E-state index contributed by atoms with van der Waals surface area (Å²) in [4.78, 5) is 32.7. The van der Waals surface area contributed by atoms with Crippen molar-refractivity contribution >= 4 is 34.0 Å². The number of hydrogen-bond donors (Lipinski definition) is 1. The first-order chi connectivity index (χ1) is 14.0. The van der Waals surface area contributed by atoms with Crippen LogP contribution in [0.4, 0.5) is 10.8 Å². The summed E-state index contributed by atoms with van der Waals surface area (Å²) >= 11 is 1.53. The predicted octanol–water partition coefficient (Wildman–Crippen LogP) is 2.65. The molecule has 2 heterocycles. The molecule has 0 spiro atoms. The zero-order chi connectivity index (χ0) is 20.5. The van der Waals surface area contributed by atoms with E-state index in [2.05, 4.69) is 10.3 Å². The van der Waals surface area contributed by atoms with Crippen LogP contribution < -0.4 is 24.4 Å². The number of amides is 2. The Morgan fingerprint density at radius 3 is 2.52 bits per heavy atom. The predicted molar refractivity (Wildman–Crippen MR) is 109 cm³/mol. The number of fused-ring (bicyclic) bond motifs is 1. The number of methoxy groups -OCH3 is 3. The number of anilines is 2. The molecule has 1 saturated heterocycles. The topological polar surface area (TPSA) is 90.0 Å². The smallest absolute Gasteiger partial charge is 0.231 e. The summed E-state index contributed by atoms with van der Waals surface area (Å²) in [6.07, 6.45) is 3.27. The van der Waals surface area contributed by atoms with Crippen molar-refractivity contribution in [3.05, 3.63) is 22.7 Å². The minimum absolute atomic E-state index is 0.124. The van der Waals surface area contributed by atoms with Gasteiger partial charge < -0.3 is 24.4 Å². The number of rotatable bonds is 6. The van der Waals surface area contributed by atoms with Gasteiger partial charge in [0.05, 0.1) is 38.6 Å². The Morgan fingerprint density at radius 2 is 1.90 bits per heavy atom. The second kappa shape index (κ2) is 7.90. The highest BCUT2D eigenvalue weighted by molar-refractivity contribution is 7.15. The lowest BCUT2D eigenvalue weighted by Gasteiger charge is -2.20. The van der Waals surface area contributed by atoms with Crippen LogP contribution in [0.3, 0.4) is 0 Å². The number of benzene rings is 1. The number of ether oxygens (including phenoxy) is 3. The molecule has 1 N–H and O–H groups in total. The van der Waals surface area contributed by atoms with Crippen LogP contribution in [0.5, 0.6) is 17.2 Å². The van der Waals surface area contributed by atoms with Gasteiger partial charge in [0.15, 0.2) is 16.6 Å². The highest BCUT2D eigenvalue weighted by Gasteiger charge is 2.36. The minimum atomic E-state index is -0.444. The van der Waals surface area contributed by atoms with Crippen LogP contribution in [0.2, 0.25) is 0 Å². The van der Waals surface area contributed by atoms with Crippen LogP contribution >= 0.6 is 11.3 Å². The highest BCUT2D eigenvalue weighted by Crippen LogP contribution is 2.42. The normalized spacial score (nSPS) is 18.0. The fraction of sp³-hybridized carbons (Fsp3) is 0.450. The van der Waals surface area contributed by atoms with Gasteiger partial charge in [0, 0.05) is 30.0 Å². The number of carbonyl (C=O) groups is 2. The van der Waals surface area contributed by atoms with E-state index >= 15 is 0 Å². The van der Waals surface area contributed by atoms with Gasteiger partial charge in [0.25, 0.3) is 0 Å². The van der Waals surface area contributed by atoms with Gasteiger partial charge in [-0.25, -0.2) is 4.98 Å². The summed E-state index contributed by atoms with van der Waals surface area (Å²) < 4.78 is 16.1. The number of aryl methyl sites for hydroxylation is 2. The maximum atomic E-state index is 12.7. The third-order valence-corrected chi connectivity index (χ3v) is 6.36. The van der Waals surface area contributed by atoms with Crippen molar-refractivity contribution in [1.29, 1.82) is 0 Å². The van der Waals surface area contributed by atoms with Crippen molar-refractivity contribution in [2.24, 2.45) is 5.92 Å². The molecule has 29 heavy (non-hydrogen) atoms. The van der Waals surface area contributed by atoms with Crippen LogP contribution in [-0.4, -0.2) is 44.7 Å². The Labute approximate surface area is 172 Å². The van der Waals surface area contributed by atoms with Gasteiger partial charge in [-0.05, 0) is 19.3 Å². The van der Waals surface area contributed by atoms with E-state index in [1.54, 1.807) is 17.0 Å². The second-order valence-electron chi connectivity index (χ2n) is 7.02.